The standard InChI is InChI=1S/C4H8O3S/c1-2-7-3(5)4(6)8-2/h2-6H,1H3. The Kier molecular flexibility index (Phi) is 1.77. The topological polar surface area (TPSA) is 49.7 Å². The molecule has 4 heteroatoms. The van der Waals surface area contributed by atoms with E-state index in [4.69, 9.17) is 14.9 Å². The van der Waals surface area contributed by atoms with Gasteiger partial charge in [-0.15, -0.1) is 0 Å². The molecule has 2 N–H and O–H groups in total. The van der Waals surface area contributed by atoms with E-state index in [1.54, 1.807) is 6.92 Å². The largest absolute Gasteiger partial charge is 0.377 e. The van der Waals surface area contributed by atoms with Gasteiger partial charge in [-0.25, -0.2) is 0 Å². The lowest BCUT2D eigenvalue weighted by molar-refractivity contribution is -0.123. The lowest BCUT2D eigenvalue weighted by Crippen LogP contribution is -2.17. The molecule has 1 saturated heterocycles. The third-order valence-electron chi connectivity index (χ3n) is 0.906. The summed E-state index contributed by atoms with van der Waals surface area (Å²) in [6.45, 7) is 1.78. The molecule has 1 rings (SSSR count). The van der Waals surface area contributed by atoms with Crippen LogP contribution in [-0.4, -0.2) is 27.4 Å². The van der Waals surface area contributed by atoms with Crippen LogP contribution in [0.3, 0.4) is 0 Å². The predicted octanol–water partition coefficient (Wildman–Crippen LogP) is -0.267. The van der Waals surface area contributed by atoms with Gasteiger partial charge in [0.05, 0.1) is 0 Å². The summed E-state index contributed by atoms with van der Waals surface area (Å²) in [5.41, 5.74) is -0.843. The van der Waals surface area contributed by atoms with Crippen LogP contribution in [-0.2, 0) is 4.74 Å². The van der Waals surface area contributed by atoms with Gasteiger partial charge in [0.1, 0.15) is 5.44 Å². The molecule has 1 aliphatic rings. The number of aliphatic hydroxyl groups excluding tert-OH is 2. The van der Waals surface area contributed by atoms with Crippen molar-refractivity contribution in [3.8, 4) is 0 Å². The molecule has 0 spiro atoms. The van der Waals surface area contributed by atoms with E-state index in [1.165, 1.54) is 11.8 Å². The van der Waals surface area contributed by atoms with E-state index < -0.39 is 11.7 Å². The Balaban J connectivity index is 2.39. The summed E-state index contributed by atoms with van der Waals surface area (Å²) in [6.07, 6.45) is -0.991. The smallest absolute Gasteiger partial charge is 0.191 e. The van der Waals surface area contributed by atoms with Crippen molar-refractivity contribution in [3.63, 3.8) is 0 Å². The zero-order valence-corrected chi connectivity index (χ0v) is 5.26. The highest BCUT2D eigenvalue weighted by molar-refractivity contribution is 8.00. The SMILES string of the molecule is CC1OC(O)C(O)S1. The van der Waals surface area contributed by atoms with Gasteiger partial charge < -0.3 is 14.9 Å². The van der Waals surface area contributed by atoms with Gasteiger partial charge in [0.15, 0.2) is 11.7 Å². The van der Waals surface area contributed by atoms with Crippen LogP contribution in [0.2, 0.25) is 0 Å². The van der Waals surface area contributed by atoms with Crippen molar-refractivity contribution in [2.24, 2.45) is 0 Å². The molecule has 8 heavy (non-hydrogen) atoms. The second-order valence-corrected chi connectivity index (χ2v) is 3.04. The summed E-state index contributed by atoms with van der Waals surface area (Å²) in [5.74, 6) is 0. The maximum atomic E-state index is 8.76. The average molecular weight is 136 g/mol. The van der Waals surface area contributed by atoms with E-state index >= 15 is 0 Å². The van der Waals surface area contributed by atoms with Crippen LogP contribution in [0.15, 0.2) is 0 Å². The molecule has 3 nitrogen and oxygen atoms in total. The Labute approximate surface area is 51.7 Å². The molecule has 3 unspecified atom stereocenters. The first kappa shape index (κ1) is 6.35. The summed E-state index contributed by atoms with van der Waals surface area (Å²) < 4.78 is 4.74. The number of thioether (sulfide) groups is 1. The first-order chi connectivity index (χ1) is 3.70. The van der Waals surface area contributed by atoms with Crippen molar-refractivity contribution < 1.29 is 14.9 Å². The third-order valence-corrected chi connectivity index (χ3v) is 1.91. The van der Waals surface area contributed by atoms with Gasteiger partial charge >= 0.3 is 0 Å². The molecular weight excluding hydrogens is 128 g/mol. The Hall–Kier alpha value is 0.230. The second kappa shape index (κ2) is 2.23. The molecule has 1 aliphatic heterocycles. The van der Waals surface area contributed by atoms with Crippen LogP contribution in [0.5, 0.6) is 0 Å². The molecule has 0 aromatic rings. The van der Waals surface area contributed by atoms with Crippen molar-refractivity contribution >= 4 is 11.8 Å². The zero-order valence-electron chi connectivity index (χ0n) is 4.44. The Morgan fingerprint density at radius 1 is 1.50 bits per heavy atom. The molecule has 0 bridgehead atoms. The van der Waals surface area contributed by atoms with E-state index in [-0.39, 0.29) is 5.44 Å². The molecule has 3 atom stereocenters. The van der Waals surface area contributed by atoms with Crippen LogP contribution >= 0.6 is 11.8 Å². The normalized spacial score (nSPS) is 47.6. The fourth-order valence-electron chi connectivity index (χ4n) is 0.559. The summed E-state index contributed by atoms with van der Waals surface area (Å²) in [7, 11) is 0. The highest BCUT2D eigenvalue weighted by Gasteiger charge is 2.29. The van der Waals surface area contributed by atoms with E-state index in [0.717, 1.165) is 0 Å². The number of hydrogen-bond acceptors (Lipinski definition) is 4. The maximum Gasteiger partial charge on any atom is 0.191 e. The lowest BCUT2D eigenvalue weighted by Gasteiger charge is -2.01. The minimum atomic E-state index is -0.991. The fourth-order valence-corrected chi connectivity index (χ4v) is 1.33. The van der Waals surface area contributed by atoms with Gasteiger partial charge in [-0.3, -0.25) is 0 Å². The number of hydrogen-bond donors (Lipinski definition) is 2. The summed E-state index contributed by atoms with van der Waals surface area (Å²) in [5, 5.41) is 17.4. The Bertz CT molecular complexity index is 77.4. The maximum absolute atomic E-state index is 8.76. The molecule has 0 aliphatic carbocycles. The minimum Gasteiger partial charge on any atom is -0.377 e. The Morgan fingerprint density at radius 3 is 2.25 bits per heavy atom. The van der Waals surface area contributed by atoms with Gasteiger partial charge in [0, 0.05) is 0 Å². The van der Waals surface area contributed by atoms with Gasteiger partial charge in [0.25, 0.3) is 0 Å². The molecule has 1 fully saturated rings. The molecule has 0 saturated carbocycles. The first-order valence-electron chi connectivity index (χ1n) is 2.37. The van der Waals surface area contributed by atoms with Gasteiger partial charge in [0.2, 0.25) is 0 Å². The molecule has 0 aromatic carbocycles. The molecule has 48 valence electrons. The summed E-state index contributed by atoms with van der Waals surface area (Å²) >= 11 is 1.21. The molecule has 0 radical (unpaired) electrons. The van der Waals surface area contributed by atoms with Gasteiger partial charge in [-0.1, -0.05) is 11.8 Å². The van der Waals surface area contributed by atoms with Crippen molar-refractivity contribution in [3.05, 3.63) is 0 Å². The number of rotatable bonds is 0. The van der Waals surface area contributed by atoms with E-state index in [2.05, 4.69) is 0 Å². The van der Waals surface area contributed by atoms with Gasteiger partial charge in [-0.2, -0.15) is 0 Å². The van der Waals surface area contributed by atoms with Crippen molar-refractivity contribution in [2.45, 2.75) is 24.1 Å². The molecule has 0 amide bonds. The van der Waals surface area contributed by atoms with Crippen LogP contribution in [0.4, 0.5) is 0 Å². The lowest BCUT2D eigenvalue weighted by atomic mass is 10.7. The Morgan fingerprint density at radius 2 is 2.12 bits per heavy atom. The second-order valence-electron chi connectivity index (χ2n) is 1.62. The van der Waals surface area contributed by atoms with Crippen molar-refractivity contribution in [1.29, 1.82) is 0 Å². The van der Waals surface area contributed by atoms with Gasteiger partial charge in [-0.05, 0) is 6.92 Å². The summed E-state index contributed by atoms with van der Waals surface area (Å²) in [6, 6.07) is 0. The zero-order chi connectivity index (χ0) is 6.15. The van der Waals surface area contributed by atoms with Crippen molar-refractivity contribution in [2.75, 3.05) is 0 Å². The van der Waals surface area contributed by atoms with Crippen LogP contribution in [0, 0.1) is 0 Å². The quantitative estimate of drug-likeness (QED) is 0.481. The first-order valence-corrected chi connectivity index (χ1v) is 3.31. The monoisotopic (exact) mass is 136 g/mol. The van der Waals surface area contributed by atoms with E-state index in [9.17, 15) is 0 Å². The number of ether oxygens (including phenoxy) is 1. The van der Waals surface area contributed by atoms with Crippen LogP contribution in [0.1, 0.15) is 6.92 Å². The van der Waals surface area contributed by atoms with E-state index in [0.29, 0.717) is 0 Å². The number of aliphatic hydroxyl groups is 2. The minimum absolute atomic E-state index is 0.0833. The van der Waals surface area contributed by atoms with E-state index in [1.807, 2.05) is 0 Å². The predicted molar refractivity (Wildman–Crippen MR) is 30.2 cm³/mol. The molecular formula is C4H8O3S. The average Bonchev–Trinajstić information content (AvgIpc) is 1.85. The summed E-state index contributed by atoms with van der Waals surface area (Å²) in [4.78, 5) is 0. The van der Waals surface area contributed by atoms with Crippen LogP contribution in [0.25, 0.3) is 0 Å². The van der Waals surface area contributed by atoms with Crippen molar-refractivity contribution in [1.82, 2.24) is 0 Å². The molecule has 1 heterocycles. The highest BCUT2D eigenvalue weighted by atomic mass is 32.2. The molecule has 0 aromatic heterocycles. The highest BCUT2D eigenvalue weighted by Crippen LogP contribution is 2.28. The van der Waals surface area contributed by atoms with Crippen LogP contribution < -0.4 is 0 Å². The fraction of sp³-hybridized carbons (Fsp3) is 1.00. The third kappa shape index (κ3) is 1.14.